The standard InChI is InChI=1S/C17H17Cl3N6O2/c18-11-4-3-5-12(19)10(11)8-22-17(27)28-7-2-1-6-26-9-23-13-14(21)24-16(20)25-15(13)26/h3-5,9H,1-2,6-8H2,(H,22,27)(H2,21,24,25). The van der Waals surface area contributed by atoms with Gasteiger partial charge in [-0.05, 0) is 36.6 Å². The fraction of sp³-hybridized carbons (Fsp3) is 0.294. The maximum Gasteiger partial charge on any atom is 0.407 e. The van der Waals surface area contributed by atoms with E-state index in [0.29, 0.717) is 39.7 Å². The van der Waals surface area contributed by atoms with Crippen LogP contribution in [0.5, 0.6) is 0 Å². The molecule has 0 atom stereocenters. The van der Waals surface area contributed by atoms with Crippen LogP contribution in [0.15, 0.2) is 24.5 Å². The second-order valence-corrected chi connectivity index (χ2v) is 7.04. The van der Waals surface area contributed by atoms with Crippen molar-refractivity contribution in [2.45, 2.75) is 25.9 Å². The van der Waals surface area contributed by atoms with Gasteiger partial charge in [0.2, 0.25) is 5.28 Å². The first-order chi connectivity index (χ1) is 13.5. The van der Waals surface area contributed by atoms with Crippen molar-refractivity contribution in [1.82, 2.24) is 24.8 Å². The Morgan fingerprint density at radius 3 is 2.68 bits per heavy atom. The second kappa shape index (κ2) is 9.27. The van der Waals surface area contributed by atoms with Crippen LogP contribution in [0.2, 0.25) is 15.3 Å². The number of carbonyl (C=O) groups excluding carboxylic acids is 1. The van der Waals surface area contributed by atoms with Crippen molar-refractivity contribution in [1.29, 1.82) is 0 Å². The number of nitrogens with one attached hydrogen (secondary N) is 1. The minimum absolute atomic E-state index is 0.0744. The normalized spacial score (nSPS) is 11.0. The second-order valence-electron chi connectivity index (χ2n) is 5.88. The van der Waals surface area contributed by atoms with Crippen molar-refractivity contribution >= 4 is 57.9 Å². The van der Waals surface area contributed by atoms with Gasteiger partial charge in [0.1, 0.15) is 5.52 Å². The molecule has 3 aromatic rings. The van der Waals surface area contributed by atoms with Gasteiger partial charge in [-0.15, -0.1) is 0 Å². The Morgan fingerprint density at radius 1 is 1.18 bits per heavy atom. The number of benzene rings is 1. The fourth-order valence-corrected chi connectivity index (χ4v) is 3.27. The number of rotatable bonds is 7. The number of fused-ring (bicyclic) bond motifs is 1. The number of halogens is 3. The number of alkyl carbamates (subject to hydrolysis) is 1. The SMILES string of the molecule is Nc1nc(Cl)nc2c1ncn2CCCCOC(=O)NCc1c(Cl)cccc1Cl. The number of nitrogen functional groups attached to an aromatic ring is 1. The van der Waals surface area contributed by atoms with Crippen molar-refractivity contribution in [3.05, 3.63) is 45.4 Å². The van der Waals surface area contributed by atoms with E-state index in [1.54, 1.807) is 24.5 Å². The van der Waals surface area contributed by atoms with Crippen molar-refractivity contribution in [2.24, 2.45) is 0 Å². The monoisotopic (exact) mass is 442 g/mol. The zero-order valence-corrected chi connectivity index (χ0v) is 16.9. The highest BCUT2D eigenvalue weighted by atomic mass is 35.5. The topological polar surface area (TPSA) is 108 Å². The van der Waals surface area contributed by atoms with E-state index in [9.17, 15) is 4.79 Å². The van der Waals surface area contributed by atoms with Crippen LogP contribution in [0.4, 0.5) is 10.6 Å². The number of aryl methyl sites for hydroxylation is 1. The van der Waals surface area contributed by atoms with Gasteiger partial charge in [-0.3, -0.25) is 0 Å². The van der Waals surface area contributed by atoms with Gasteiger partial charge in [-0.2, -0.15) is 9.97 Å². The number of anilines is 1. The quantitative estimate of drug-likeness (QED) is 0.421. The minimum Gasteiger partial charge on any atom is -0.450 e. The molecule has 1 aromatic carbocycles. The van der Waals surface area contributed by atoms with Crippen molar-refractivity contribution in [3.8, 4) is 0 Å². The third-order valence-electron chi connectivity index (χ3n) is 3.96. The summed E-state index contributed by atoms with van der Waals surface area (Å²) in [4.78, 5) is 24.0. The van der Waals surface area contributed by atoms with E-state index in [2.05, 4.69) is 20.3 Å². The van der Waals surface area contributed by atoms with Gasteiger partial charge in [-0.25, -0.2) is 9.78 Å². The molecular formula is C17H17Cl3N6O2. The minimum atomic E-state index is -0.531. The average Bonchev–Trinajstić information content (AvgIpc) is 3.04. The highest BCUT2D eigenvalue weighted by Crippen LogP contribution is 2.24. The molecule has 0 saturated heterocycles. The number of hydrogen-bond donors (Lipinski definition) is 2. The Bertz CT molecular complexity index is 974. The molecule has 0 saturated carbocycles. The number of hydrogen-bond acceptors (Lipinski definition) is 6. The molecule has 0 aliphatic carbocycles. The molecule has 3 rings (SSSR count). The summed E-state index contributed by atoms with van der Waals surface area (Å²) in [5.74, 6) is 0.243. The zero-order chi connectivity index (χ0) is 20.1. The Labute approximate surface area is 176 Å². The zero-order valence-electron chi connectivity index (χ0n) is 14.7. The van der Waals surface area contributed by atoms with E-state index < -0.39 is 6.09 Å². The molecule has 1 amide bonds. The molecular weight excluding hydrogens is 427 g/mol. The number of nitrogens with two attached hydrogens (primary N) is 1. The van der Waals surface area contributed by atoms with Gasteiger partial charge in [0.15, 0.2) is 11.5 Å². The molecule has 0 bridgehead atoms. The lowest BCUT2D eigenvalue weighted by Gasteiger charge is -2.09. The van der Waals surface area contributed by atoms with E-state index in [4.69, 9.17) is 45.3 Å². The van der Waals surface area contributed by atoms with Crippen LogP contribution in [0.25, 0.3) is 11.2 Å². The van der Waals surface area contributed by atoms with Crippen molar-refractivity contribution in [2.75, 3.05) is 12.3 Å². The van der Waals surface area contributed by atoms with E-state index in [0.717, 1.165) is 6.42 Å². The van der Waals surface area contributed by atoms with Gasteiger partial charge < -0.3 is 20.4 Å². The maximum atomic E-state index is 11.8. The van der Waals surface area contributed by atoms with Gasteiger partial charge in [0.25, 0.3) is 0 Å². The summed E-state index contributed by atoms with van der Waals surface area (Å²) < 4.78 is 6.99. The summed E-state index contributed by atoms with van der Waals surface area (Å²) in [7, 11) is 0. The number of carbonyl (C=O) groups is 1. The maximum absolute atomic E-state index is 11.8. The largest absolute Gasteiger partial charge is 0.450 e. The number of ether oxygens (including phenoxy) is 1. The molecule has 0 aliphatic heterocycles. The molecule has 8 nitrogen and oxygen atoms in total. The lowest BCUT2D eigenvalue weighted by molar-refractivity contribution is 0.143. The van der Waals surface area contributed by atoms with Crippen LogP contribution in [-0.4, -0.2) is 32.2 Å². The van der Waals surface area contributed by atoms with E-state index in [-0.39, 0.29) is 24.3 Å². The van der Waals surface area contributed by atoms with Gasteiger partial charge in [0, 0.05) is 28.7 Å². The van der Waals surface area contributed by atoms with Crippen LogP contribution >= 0.6 is 34.8 Å². The van der Waals surface area contributed by atoms with Crippen molar-refractivity contribution < 1.29 is 9.53 Å². The third-order valence-corrected chi connectivity index (χ3v) is 4.84. The molecule has 148 valence electrons. The predicted octanol–water partition coefficient (Wildman–Crippen LogP) is 4.08. The molecule has 28 heavy (non-hydrogen) atoms. The first-order valence-electron chi connectivity index (χ1n) is 8.43. The smallest absolute Gasteiger partial charge is 0.407 e. The predicted molar refractivity (Wildman–Crippen MR) is 109 cm³/mol. The summed E-state index contributed by atoms with van der Waals surface area (Å²) in [5.41, 5.74) is 7.51. The number of nitrogens with zero attached hydrogens (tertiary/aromatic N) is 4. The first-order valence-corrected chi connectivity index (χ1v) is 9.56. The number of amides is 1. The molecule has 2 heterocycles. The molecule has 11 heteroatoms. The molecule has 0 spiro atoms. The summed E-state index contributed by atoms with van der Waals surface area (Å²) in [6.45, 7) is 1.09. The van der Waals surface area contributed by atoms with Crippen LogP contribution in [0.1, 0.15) is 18.4 Å². The third kappa shape index (κ3) is 4.95. The highest BCUT2D eigenvalue weighted by Gasteiger charge is 2.11. The van der Waals surface area contributed by atoms with Gasteiger partial charge in [-0.1, -0.05) is 29.3 Å². The van der Waals surface area contributed by atoms with Gasteiger partial charge in [0.05, 0.1) is 12.9 Å². The summed E-state index contributed by atoms with van der Waals surface area (Å²) >= 11 is 18.0. The van der Waals surface area contributed by atoms with E-state index >= 15 is 0 Å². The molecule has 0 fully saturated rings. The number of imidazole rings is 1. The van der Waals surface area contributed by atoms with Crippen LogP contribution in [0, 0.1) is 0 Å². The number of unbranched alkanes of at least 4 members (excludes halogenated alkanes) is 1. The Balaban J connectivity index is 1.41. The summed E-state index contributed by atoms with van der Waals surface area (Å²) in [6, 6.07) is 5.16. The first kappa shape index (κ1) is 20.4. The lowest BCUT2D eigenvalue weighted by atomic mass is 10.2. The Hall–Kier alpha value is -2.29. The lowest BCUT2D eigenvalue weighted by Crippen LogP contribution is -2.24. The summed E-state index contributed by atoms with van der Waals surface area (Å²) in [6.07, 6.45) is 2.51. The average molecular weight is 444 g/mol. The Kier molecular flexibility index (Phi) is 6.77. The fourth-order valence-electron chi connectivity index (χ4n) is 2.56. The summed E-state index contributed by atoms with van der Waals surface area (Å²) in [5, 5.41) is 3.69. The Morgan fingerprint density at radius 2 is 1.93 bits per heavy atom. The van der Waals surface area contributed by atoms with Crippen LogP contribution in [-0.2, 0) is 17.8 Å². The van der Waals surface area contributed by atoms with E-state index in [1.807, 2.05) is 4.57 Å². The molecule has 0 radical (unpaired) electrons. The molecule has 0 aliphatic rings. The van der Waals surface area contributed by atoms with Crippen LogP contribution in [0.3, 0.4) is 0 Å². The molecule has 3 N–H and O–H groups in total. The van der Waals surface area contributed by atoms with E-state index in [1.165, 1.54) is 0 Å². The molecule has 0 unspecified atom stereocenters. The van der Waals surface area contributed by atoms with Gasteiger partial charge >= 0.3 is 6.09 Å². The highest BCUT2D eigenvalue weighted by molar-refractivity contribution is 6.36. The van der Waals surface area contributed by atoms with Crippen LogP contribution < -0.4 is 11.1 Å². The van der Waals surface area contributed by atoms with Crippen molar-refractivity contribution in [3.63, 3.8) is 0 Å². The number of aromatic nitrogens is 4. The molecule has 2 aromatic heterocycles.